The third kappa shape index (κ3) is 5.60. The van der Waals surface area contributed by atoms with Crippen LogP contribution in [0.1, 0.15) is 85.6 Å². The number of aromatic nitrogens is 2. The first-order valence-electron chi connectivity index (χ1n) is 14.7. The van der Waals surface area contributed by atoms with E-state index in [1.165, 1.54) is 16.7 Å². The number of benzene rings is 2. The fourth-order valence-corrected chi connectivity index (χ4v) is 7.38. The smallest absolute Gasteiger partial charge is 0.152 e. The van der Waals surface area contributed by atoms with Gasteiger partial charge in [-0.3, -0.25) is 0 Å². The molecule has 6 rings (SSSR count). The Kier molecular flexibility index (Phi) is 7.66. The van der Waals surface area contributed by atoms with Gasteiger partial charge in [0.05, 0.1) is 46.2 Å². The molecule has 2 fully saturated rings. The number of anilines is 1. The van der Waals surface area contributed by atoms with Crippen LogP contribution in [0.15, 0.2) is 54.7 Å². The van der Waals surface area contributed by atoms with E-state index in [-0.39, 0.29) is 28.7 Å². The summed E-state index contributed by atoms with van der Waals surface area (Å²) >= 11 is 0. The summed E-state index contributed by atoms with van der Waals surface area (Å²) < 4.78 is 16.4. The molecule has 8 heteroatoms. The number of nitrogens with one attached hydrogen (secondary N) is 1. The van der Waals surface area contributed by atoms with Crippen LogP contribution in [-0.2, 0) is 24.0 Å². The lowest BCUT2D eigenvalue weighted by Crippen LogP contribution is -2.48. The number of aliphatic hydroxyl groups excluding tert-OH is 1. The Balaban J connectivity index is 1.14. The molecule has 3 unspecified atom stereocenters. The van der Waals surface area contributed by atoms with Gasteiger partial charge in [-0.15, -0.1) is 0 Å². The molecule has 7 nitrogen and oxygen atoms in total. The highest BCUT2D eigenvalue weighted by molar-refractivity contribution is 7.84. The summed E-state index contributed by atoms with van der Waals surface area (Å²) in [4.78, 5) is 11.6. The van der Waals surface area contributed by atoms with Crippen molar-refractivity contribution in [3.8, 4) is 17.9 Å². The number of hydrogen-bond acceptors (Lipinski definition) is 6. The van der Waals surface area contributed by atoms with Crippen molar-refractivity contribution >= 4 is 16.8 Å². The van der Waals surface area contributed by atoms with Gasteiger partial charge >= 0.3 is 0 Å². The third-order valence-electron chi connectivity index (χ3n) is 8.98. The Labute approximate surface area is 251 Å². The molecule has 2 heterocycles. The molecule has 2 aromatic carbocycles. The maximum Gasteiger partial charge on any atom is 0.152 e. The SMILES string of the molecule is CC(C)(C)S(=O)N[C@@H]1c2ccccc2CC12CCN(c1ncc(C#CC3CC3c3ccc(C#N)cc3)nc1CO)CC2. The van der Waals surface area contributed by atoms with Crippen LogP contribution in [0.2, 0.25) is 0 Å². The maximum atomic E-state index is 13.2. The first kappa shape index (κ1) is 28.6. The first-order valence-corrected chi connectivity index (χ1v) is 15.8. The Morgan fingerprint density at radius 2 is 1.88 bits per heavy atom. The van der Waals surface area contributed by atoms with Crippen molar-refractivity contribution < 1.29 is 9.32 Å². The lowest BCUT2D eigenvalue weighted by molar-refractivity contribution is 0.177. The lowest BCUT2D eigenvalue weighted by atomic mass is 9.73. The lowest BCUT2D eigenvalue weighted by Gasteiger charge is -2.44. The second-order valence-electron chi connectivity index (χ2n) is 12.8. The van der Waals surface area contributed by atoms with Gasteiger partial charge < -0.3 is 10.0 Å². The van der Waals surface area contributed by atoms with E-state index in [1.807, 2.05) is 45.0 Å². The molecule has 0 bridgehead atoms. The van der Waals surface area contributed by atoms with Gasteiger partial charge in [0.25, 0.3) is 0 Å². The molecule has 3 aromatic rings. The zero-order chi connectivity index (χ0) is 29.5. The second kappa shape index (κ2) is 11.3. The highest BCUT2D eigenvalue weighted by atomic mass is 32.2. The number of nitriles is 1. The minimum atomic E-state index is -1.17. The molecule has 0 amide bonds. The van der Waals surface area contributed by atoms with E-state index in [9.17, 15) is 9.32 Å². The highest BCUT2D eigenvalue weighted by Crippen LogP contribution is 2.52. The minimum absolute atomic E-state index is 0.0188. The highest BCUT2D eigenvalue weighted by Gasteiger charge is 2.49. The topological polar surface area (TPSA) is 102 Å². The third-order valence-corrected chi connectivity index (χ3v) is 10.5. The van der Waals surface area contributed by atoms with Crippen molar-refractivity contribution in [3.05, 3.63) is 88.4 Å². The predicted octanol–water partition coefficient (Wildman–Crippen LogP) is 4.93. The van der Waals surface area contributed by atoms with Crippen molar-refractivity contribution in [2.45, 2.75) is 69.8 Å². The largest absolute Gasteiger partial charge is 0.390 e. The van der Waals surface area contributed by atoms with Crippen molar-refractivity contribution in [3.63, 3.8) is 0 Å². The molecule has 4 atom stereocenters. The fourth-order valence-electron chi connectivity index (χ4n) is 6.44. The van der Waals surface area contributed by atoms with Gasteiger partial charge in [0.1, 0.15) is 11.4 Å². The average molecular weight is 580 g/mol. The van der Waals surface area contributed by atoms with Gasteiger partial charge in [0, 0.05) is 19.0 Å². The van der Waals surface area contributed by atoms with Crippen LogP contribution in [0.5, 0.6) is 0 Å². The van der Waals surface area contributed by atoms with Crippen LogP contribution < -0.4 is 9.62 Å². The molecule has 3 aliphatic rings. The fraction of sp³-hybridized carbons (Fsp3) is 0.441. The molecule has 216 valence electrons. The molecule has 0 radical (unpaired) electrons. The summed E-state index contributed by atoms with van der Waals surface area (Å²) in [6.07, 6.45) is 5.53. The number of hydrogen-bond donors (Lipinski definition) is 2. The van der Waals surface area contributed by atoms with E-state index in [4.69, 9.17) is 10.2 Å². The Morgan fingerprint density at radius 3 is 2.57 bits per heavy atom. The molecule has 2 N–H and O–H groups in total. The molecule has 1 aliphatic heterocycles. The normalized spacial score (nSPS) is 23.0. The van der Waals surface area contributed by atoms with E-state index < -0.39 is 11.0 Å². The molecule has 1 aromatic heterocycles. The zero-order valence-electron chi connectivity index (χ0n) is 24.4. The van der Waals surface area contributed by atoms with Gasteiger partial charge in [-0.2, -0.15) is 5.26 Å². The van der Waals surface area contributed by atoms with Crippen molar-refractivity contribution in [2.24, 2.45) is 11.3 Å². The van der Waals surface area contributed by atoms with E-state index in [0.29, 0.717) is 22.9 Å². The number of piperidine rings is 1. The number of fused-ring (bicyclic) bond motifs is 1. The van der Waals surface area contributed by atoms with E-state index >= 15 is 0 Å². The zero-order valence-corrected chi connectivity index (χ0v) is 25.2. The molecule has 42 heavy (non-hydrogen) atoms. The first-order chi connectivity index (χ1) is 20.2. The summed E-state index contributed by atoms with van der Waals surface area (Å²) in [5.41, 5.74) is 5.58. The summed E-state index contributed by atoms with van der Waals surface area (Å²) in [5, 5.41) is 19.2. The molecule has 1 saturated heterocycles. The monoisotopic (exact) mass is 579 g/mol. The van der Waals surface area contributed by atoms with Crippen molar-refractivity contribution in [1.29, 1.82) is 5.26 Å². The minimum Gasteiger partial charge on any atom is -0.390 e. The second-order valence-corrected chi connectivity index (χ2v) is 14.8. The molecular weight excluding hydrogens is 542 g/mol. The van der Waals surface area contributed by atoms with E-state index in [1.54, 1.807) is 6.20 Å². The summed E-state index contributed by atoms with van der Waals surface area (Å²) in [6, 6.07) is 18.5. The van der Waals surface area contributed by atoms with Crippen molar-refractivity contribution in [2.75, 3.05) is 18.0 Å². The van der Waals surface area contributed by atoms with E-state index in [0.717, 1.165) is 44.6 Å². The van der Waals surface area contributed by atoms with Crippen LogP contribution in [0.25, 0.3) is 0 Å². The Hall–Kier alpha value is -3.56. The predicted molar refractivity (Wildman–Crippen MR) is 165 cm³/mol. The van der Waals surface area contributed by atoms with Gasteiger partial charge in [-0.1, -0.05) is 42.3 Å². The molecular formula is C34H37N5O2S. The van der Waals surface area contributed by atoms with Crippen LogP contribution in [0, 0.1) is 34.5 Å². The molecule has 1 spiro atoms. The summed E-state index contributed by atoms with van der Waals surface area (Å²) in [7, 11) is -1.17. The Morgan fingerprint density at radius 1 is 1.14 bits per heavy atom. The van der Waals surface area contributed by atoms with Crippen molar-refractivity contribution in [1.82, 2.24) is 14.7 Å². The van der Waals surface area contributed by atoms with Crippen LogP contribution in [0.3, 0.4) is 0 Å². The average Bonchev–Trinajstić information content (AvgIpc) is 3.72. The Bertz CT molecular complexity index is 1600. The number of nitrogens with zero attached hydrogens (tertiary/aromatic N) is 4. The summed E-state index contributed by atoms with van der Waals surface area (Å²) in [6.45, 7) is 7.40. The number of rotatable bonds is 5. The summed E-state index contributed by atoms with van der Waals surface area (Å²) in [5.74, 6) is 7.87. The van der Waals surface area contributed by atoms with Crippen LogP contribution in [-0.4, -0.2) is 37.1 Å². The van der Waals surface area contributed by atoms with Gasteiger partial charge in [-0.25, -0.2) is 18.9 Å². The van der Waals surface area contributed by atoms with Crippen LogP contribution >= 0.6 is 0 Å². The van der Waals surface area contributed by atoms with Gasteiger partial charge in [-0.05, 0) is 92.5 Å². The van der Waals surface area contributed by atoms with E-state index in [2.05, 4.69) is 56.8 Å². The van der Waals surface area contributed by atoms with Gasteiger partial charge in [0.2, 0.25) is 0 Å². The molecule has 2 aliphatic carbocycles. The molecule has 1 saturated carbocycles. The van der Waals surface area contributed by atoms with Crippen LogP contribution in [0.4, 0.5) is 5.82 Å². The standard InChI is InChI=1S/C34H37N5O2S/c1-33(2,3)42(41)38-31-28-7-5-4-6-26(28)19-34(31)14-16-39(17-15-34)32-30(22-40)37-27(21-36-32)13-12-25-18-29(25)24-10-8-23(20-35)9-11-24/h4-11,21,25,29,31,38,40H,14-19,22H2,1-3H3/t25?,29?,31-,42?/m1/s1. The number of aliphatic hydroxyl groups is 1. The van der Waals surface area contributed by atoms with Gasteiger partial charge in [0.15, 0.2) is 5.82 Å². The quantitative estimate of drug-likeness (QED) is 0.416. The maximum absolute atomic E-state index is 13.2.